The van der Waals surface area contributed by atoms with Crippen LogP contribution in [0.2, 0.25) is 0 Å². The van der Waals surface area contributed by atoms with E-state index in [0.29, 0.717) is 11.4 Å². The van der Waals surface area contributed by atoms with Crippen molar-refractivity contribution < 1.29 is 19.1 Å². The van der Waals surface area contributed by atoms with E-state index < -0.39 is 6.10 Å². The highest BCUT2D eigenvalue weighted by Crippen LogP contribution is 2.33. The van der Waals surface area contributed by atoms with E-state index in [0.717, 1.165) is 16.9 Å². The van der Waals surface area contributed by atoms with E-state index in [2.05, 4.69) is 5.32 Å². The Morgan fingerprint density at radius 1 is 1.00 bits per heavy atom. The molecule has 0 saturated heterocycles. The van der Waals surface area contributed by atoms with Crippen LogP contribution in [0, 0.1) is 0 Å². The number of anilines is 1. The van der Waals surface area contributed by atoms with Crippen LogP contribution in [0.5, 0.6) is 11.5 Å². The Hall–Kier alpha value is -3.80. The molecule has 0 saturated carbocycles. The van der Waals surface area contributed by atoms with Gasteiger partial charge in [0.25, 0.3) is 5.91 Å². The summed E-state index contributed by atoms with van der Waals surface area (Å²) in [6.45, 7) is 2.00. The van der Waals surface area contributed by atoms with Crippen molar-refractivity contribution in [2.45, 2.75) is 25.5 Å². The number of benzene rings is 3. The predicted molar refractivity (Wildman–Crippen MR) is 123 cm³/mol. The van der Waals surface area contributed by atoms with Crippen LogP contribution in [0.25, 0.3) is 0 Å². The third-order valence-corrected chi connectivity index (χ3v) is 5.52. The summed E-state index contributed by atoms with van der Waals surface area (Å²) in [6.07, 6.45) is -0.406. The molecular weight excluding hydrogens is 404 g/mol. The van der Waals surface area contributed by atoms with Crippen LogP contribution in [0.1, 0.15) is 30.5 Å². The minimum absolute atomic E-state index is 0.140. The summed E-state index contributed by atoms with van der Waals surface area (Å²) in [4.78, 5) is 27.3. The largest absolute Gasteiger partial charge is 0.497 e. The Balaban J connectivity index is 1.50. The minimum atomic E-state index is -0.579. The lowest BCUT2D eigenvalue weighted by molar-refractivity contribution is -0.125. The van der Waals surface area contributed by atoms with E-state index in [-0.39, 0.29) is 30.8 Å². The molecule has 2 atom stereocenters. The SMILES string of the molecule is COc1ccc(C(NC(=O)CCN2C(=O)C(C)Oc3ccccc32)c2ccccc2)cc1. The smallest absolute Gasteiger partial charge is 0.267 e. The van der Waals surface area contributed by atoms with Crippen molar-refractivity contribution in [3.63, 3.8) is 0 Å². The average molecular weight is 431 g/mol. The molecule has 0 bridgehead atoms. The van der Waals surface area contributed by atoms with Crippen LogP contribution in [0.3, 0.4) is 0 Å². The minimum Gasteiger partial charge on any atom is -0.497 e. The fraction of sp³-hybridized carbons (Fsp3) is 0.231. The Morgan fingerprint density at radius 3 is 2.38 bits per heavy atom. The molecule has 1 aliphatic rings. The summed E-state index contributed by atoms with van der Waals surface area (Å²) in [5.41, 5.74) is 2.62. The first-order chi connectivity index (χ1) is 15.6. The predicted octanol–water partition coefficient (Wildman–Crippen LogP) is 4.11. The monoisotopic (exact) mass is 430 g/mol. The lowest BCUT2D eigenvalue weighted by atomic mass is 9.98. The van der Waals surface area contributed by atoms with Gasteiger partial charge in [0, 0.05) is 13.0 Å². The molecule has 2 unspecified atom stereocenters. The van der Waals surface area contributed by atoms with Gasteiger partial charge in [-0.05, 0) is 42.3 Å². The Morgan fingerprint density at radius 2 is 1.66 bits per heavy atom. The highest BCUT2D eigenvalue weighted by atomic mass is 16.5. The van der Waals surface area contributed by atoms with Gasteiger partial charge in [-0.3, -0.25) is 9.59 Å². The van der Waals surface area contributed by atoms with Crippen molar-refractivity contribution in [1.29, 1.82) is 0 Å². The molecule has 32 heavy (non-hydrogen) atoms. The molecule has 0 spiro atoms. The quantitative estimate of drug-likeness (QED) is 0.613. The third kappa shape index (κ3) is 4.59. The second-order valence-corrected chi connectivity index (χ2v) is 7.65. The van der Waals surface area contributed by atoms with E-state index in [1.807, 2.05) is 78.9 Å². The molecule has 3 aromatic carbocycles. The number of nitrogens with one attached hydrogen (secondary N) is 1. The van der Waals surface area contributed by atoms with Crippen molar-refractivity contribution in [3.05, 3.63) is 90.0 Å². The van der Waals surface area contributed by atoms with Gasteiger partial charge in [0.05, 0.1) is 18.8 Å². The first kappa shape index (κ1) is 21.4. The van der Waals surface area contributed by atoms with Gasteiger partial charge in [0.15, 0.2) is 6.10 Å². The molecule has 3 aromatic rings. The molecule has 0 aliphatic carbocycles. The maximum absolute atomic E-state index is 13.0. The summed E-state index contributed by atoms with van der Waals surface area (Å²) in [5.74, 6) is 1.12. The van der Waals surface area contributed by atoms with Crippen molar-refractivity contribution in [2.24, 2.45) is 0 Å². The van der Waals surface area contributed by atoms with Gasteiger partial charge in [-0.2, -0.15) is 0 Å². The van der Waals surface area contributed by atoms with Gasteiger partial charge in [-0.1, -0.05) is 54.6 Å². The van der Waals surface area contributed by atoms with Crippen LogP contribution >= 0.6 is 0 Å². The second kappa shape index (κ2) is 9.56. The molecule has 0 aromatic heterocycles. The van der Waals surface area contributed by atoms with Crippen molar-refractivity contribution in [2.75, 3.05) is 18.6 Å². The van der Waals surface area contributed by atoms with E-state index >= 15 is 0 Å². The number of para-hydroxylation sites is 2. The molecule has 0 radical (unpaired) electrons. The van der Waals surface area contributed by atoms with Gasteiger partial charge in [-0.25, -0.2) is 0 Å². The van der Waals surface area contributed by atoms with Crippen molar-refractivity contribution in [3.8, 4) is 11.5 Å². The van der Waals surface area contributed by atoms with Gasteiger partial charge in [-0.15, -0.1) is 0 Å². The normalized spacial score (nSPS) is 16.0. The number of amides is 2. The molecule has 4 rings (SSSR count). The zero-order chi connectivity index (χ0) is 22.5. The maximum Gasteiger partial charge on any atom is 0.267 e. The summed E-state index contributed by atoms with van der Waals surface area (Å²) >= 11 is 0. The van der Waals surface area contributed by atoms with E-state index in [9.17, 15) is 9.59 Å². The molecule has 0 fully saturated rings. The molecule has 164 valence electrons. The van der Waals surface area contributed by atoms with Crippen LogP contribution in [0.4, 0.5) is 5.69 Å². The lowest BCUT2D eigenvalue weighted by Gasteiger charge is -2.33. The van der Waals surface area contributed by atoms with Crippen LogP contribution in [-0.4, -0.2) is 31.6 Å². The Labute approximate surface area is 187 Å². The zero-order valence-electron chi connectivity index (χ0n) is 18.2. The Kier molecular flexibility index (Phi) is 6.40. The number of nitrogens with zero attached hydrogens (tertiary/aromatic N) is 1. The molecule has 1 N–H and O–H groups in total. The van der Waals surface area contributed by atoms with E-state index in [4.69, 9.17) is 9.47 Å². The fourth-order valence-electron chi connectivity index (χ4n) is 3.84. The van der Waals surface area contributed by atoms with Crippen LogP contribution < -0.4 is 19.7 Å². The number of ether oxygens (including phenoxy) is 2. The molecule has 2 amide bonds. The first-order valence-electron chi connectivity index (χ1n) is 10.6. The van der Waals surface area contributed by atoms with E-state index in [1.165, 1.54) is 0 Å². The van der Waals surface area contributed by atoms with Crippen molar-refractivity contribution >= 4 is 17.5 Å². The van der Waals surface area contributed by atoms with Crippen LogP contribution in [-0.2, 0) is 9.59 Å². The van der Waals surface area contributed by atoms with Gasteiger partial charge < -0.3 is 19.7 Å². The summed E-state index contributed by atoms with van der Waals surface area (Å²) in [7, 11) is 1.62. The topological polar surface area (TPSA) is 67.9 Å². The first-order valence-corrected chi connectivity index (χ1v) is 10.6. The number of carbonyl (C=O) groups excluding carboxylic acids is 2. The molecular formula is C26H26N2O4. The molecule has 1 heterocycles. The third-order valence-electron chi connectivity index (χ3n) is 5.52. The Bertz CT molecular complexity index is 1080. The molecule has 1 aliphatic heterocycles. The second-order valence-electron chi connectivity index (χ2n) is 7.65. The molecule has 6 nitrogen and oxygen atoms in total. The number of methoxy groups -OCH3 is 1. The molecule has 6 heteroatoms. The summed E-state index contributed by atoms with van der Waals surface area (Å²) in [6, 6.07) is 24.5. The average Bonchev–Trinajstić information content (AvgIpc) is 2.83. The number of rotatable bonds is 7. The number of carbonyl (C=O) groups is 2. The van der Waals surface area contributed by atoms with Gasteiger partial charge in [0.1, 0.15) is 11.5 Å². The number of hydrogen-bond donors (Lipinski definition) is 1. The van der Waals surface area contributed by atoms with Crippen molar-refractivity contribution in [1.82, 2.24) is 5.32 Å². The highest BCUT2D eigenvalue weighted by Gasteiger charge is 2.31. The fourth-order valence-corrected chi connectivity index (χ4v) is 3.84. The highest BCUT2D eigenvalue weighted by molar-refractivity contribution is 6.00. The van der Waals surface area contributed by atoms with E-state index in [1.54, 1.807) is 18.9 Å². The summed E-state index contributed by atoms with van der Waals surface area (Å²) < 4.78 is 10.9. The van der Waals surface area contributed by atoms with Crippen LogP contribution in [0.15, 0.2) is 78.9 Å². The maximum atomic E-state index is 13.0. The van der Waals surface area contributed by atoms with Gasteiger partial charge >= 0.3 is 0 Å². The summed E-state index contributed by atoms with van der Waals surface area (Å²) in [5, 5.41) is 3.13. The van der Waals surface area contributed by atoms with Gasteiger partial charge in [0.2, 0.25) is 5.91 Å². The number of hydrogen-bond acceptors (Lipinski definition) is 4. The standard InChI is InChI=1S/C26H26N2O4/c1-18-26(30)28(22-10-6-7-11-23(22)32-18)17-16-24(29)27-25(19-8-4-3-5-9-19)20-12-14-21(31-2)15-13-20/h3-15,18,25H,16-17H2,1-2H3,(H,27,29). The zero-order valence-corrected chi connectivity index (χ0v) is 18.2. The lowest BCUT2D eigenvalue weighted by Crippen LogP contribution is -2.46. The number of fused-ring (bicyclic) bond motifs is 1.